The summed E-state index contributed by atoms with van der Waals surface area (Å²) < 4.78 is 0. The highest BCUT2D eigenvalue weighted by Crippen LogP contribution is 1.88. The van der Waals surface area contributed by atoms with Crippen LogP contribution in [0.1, 0.15) is 6.42 Å². The van der Waals surface area contributed by atoms with E-state index >= 15 is 0 Å². The molecule has 1 unspecified atom stereocenters. The van der Waals surface area contributed by atoms with Gasteiger partial charge in [0.15, 0.2) is 0 Å². The van der Waals surface area contributed by atoms with Crippen LogP contribution in [0.2, 0.25) is 0 Å². The monoisotopic (exact) mass is 120 g/mol. The van der Waals surface area contributed by atoms with Gasteiger partial charge in [-0.2, -0.15) is 0 Å². The number of rotatable bonds is 3. The van der Waals surface area contributed by atoms with Crippen molar-refractivity contribution in [3.05, 3.63) is 0 Å². The molecule has 4 heteroatoms. The third-order valence-electron chi connectivity index (χ3n) is 0.755. The summed E-state index contributed by atoms with van der Waals surface area (Å²) in [4.78, 5) is 0. The van der Waals surface area contributed by atoms with Gasteiger partial charge in [0.25, 0.3) is 0 Å². The molecule has 0 rings (SSSR count). The van der Waals surface area contributed by atoms with Crippen molar-refractivity contribution in [1.82, 2.24) is 0 Å². The van der Waals surface area contributed by atoms with E-state index in [1.165, 1.54) is 0 Å². The first-order valence-corrected chi connectivity index (χ1v) is 2.47. The van der Waals surface area contributed by atoms with Gasteiger partial charge in [-0.1, -0.05) is 0 Å². The second kappa shape index (κ2) is 3.80. The number of aliphatic hydroxyl groups is 2. The van der Waals surface area contributed by atoms with Gasteiger partial charge in [0.05, 0.1) is 18.9 Å². The summed E-state index contributed by atoms with van der Waals surface area (Å²) in [5.41, 5.74) is 10.2. The average Bonchev–Trinajstić information content (AvgIpc) is 1.65. The summed E-state index contributed by atoms with van der Waals surface area (Å²) in [6.45, 7) is -0.273. The highest BCUT2D eigenvalue weighted by molar-refractivity contribution is 4.58. The van der Waals surface area contributed by atoms with Crippen LogP contribution in [-0.4, -0.2) is 29.1 Å². The van der Waals surface area contributed by atoms with Crippen LogP contribution in [-0.2, 0) is 0 Å². The maximum Gasteiger partial charge on any atom is 0.0798 e. The molecule has 0 saturated heterocycles. The van der Waals surface area contributed by atoms with Crippen LogP contribution in [0.5, 0.6) is 0 Å². The maximum atomic E-state index is 8.62. The van der Waals surface area contributed by atoms with E-state index in [-0.39, 0.29) is 13.0 Å². The van der Waals surface area contributed by atoms with Gasteiger partial charge in [-0.05, 0) is 0 Å². The van der Waals surface area contributed by atoms with Crippen LogP contribution in [0, 0.1) is 0 Å². The van der Waals surface area contributed by atoms with Crippen molar-refractivity contribution in [1.29, 1.82) is 0 Å². The first kappa shape index (κ1) is 7.84. The Hall–Kier alpha value is -0.160. The van der Waals surface area contributed by atoms with Gasteiger partial charge in [0.2, 0.25) is 0 Å². The fraction of sp³-hybridized carbons (Fsp3) is 1.00. The molecule has 0 aliphatic heterocycles. The zero-order valence-corrected chi connectivity index (χ0v) is 4.62. The smallest absolute Gasteiger partial charge is 0.0798 e. The maximum absolute atomic E-state index is 8.62. The number of nitrogens with two attached hydrogens (primary N) is 2. The van der Waals surface area contributed by atoms with Gasteiger partial charge >= 0.3 is 0 Å². The van der Waals surface area contributed by atoms with Crippen molar-refractivity contribution in [3.8, 4) is 0 Å². The highest BCUT2D eigenvalue weighted by atomic mass is 16.3. The lowest BCUT2D eigenvalue weighted by Crippen LogP contribution is -2.35. The Labute approximate surface area is 48.1 Å². The van der Waals surface area contributed by atoms with Gasteiger partial charge in [-0.15, -0.1) is 0 Å². The highest BCUT2D eigenvalue weighted by Gasteiger charge is 2.03. The first-order valence-electron chi connectivity index (χ1n) is 2.47. The Kier molecular flexibility index (Phi) is 3.72. The summed E-state index contributed by atoms with van der Waals surface area (Å²) in [6, 6.07) is 0. The van der Waals surface area contributed by atoms with Crippen molar-refractivity contribution in [2.24, 2.45) is 11.5 Å². The van der Waals surface area contributed by atoms with Gasteiger partial charge in [0, 0.05) is 6.42 Å². The van der Waals surface area contributed by atoms with E-state index in [1.54, 1.807) is 0 Å². The summed E-state index contributed by atoms with van der Waals surface area (Å²) in [6.07, 6.45) is -1.05. The largest absolute Gasteiger partial charge is 0.394 e. The Bertz CT molecular complexity index is 58.0. The molecule has 0 aromatic rings. The molecule has 0 aliphatic rings. The van der Waals surface area contributed by atoms with E-state index in [9.17, 15) is 0 Å². The fourth-order valence-electron chi connectivity index (χ4n) is 0.389. The van der Waals surface area contributed by atoms with Crippen LogP contribution >= 0.6 is 0 Å². The summed E-state index contributed by atoms with van der Waals surface area (Å²) in [7, 11) is 0. The van der Waals surface area contributed by atoms with Crippen LogP contribution in [0.4, 0.5) is 0 Å². The molecular weight excluding hydrogens is 108 g/mol. The van der Waals surface area contributed by atoms with Gasteiger partial charge in [-0.25, -0.2) is 0 Å². The molecule has 0 spiro atoms. The molecule has 0 aliphatic carbocycles. The lowest BCUT2D eigenvalue weighted by molar-refractivity contribution is 0.0831. The second-order valence-electron chi connectivity index (χ2n) is 1.74. The third kappa shape index (κ3) is 4.01. The molecule has 4 nitrogen and oxygen atoms in total. The standard InChI is InChI=1S/C4H12N2O2/c5-4(6)1-3(8)2-7/h3-4,7-8H,1-2,5-6H2. The molecule has 0 heterocycles. The Morgan fingerprint density at radius 3 is 2.00 bits per heavy atom. The average molecular weight is 120 g/mol. The van der Waals surface area contributed by atoms with Crippen LogP contribution < -0.4 is 11.5 Å². The molecule has 0 saturated carbocycles. The SMILES string of the molecule is NC(N)CC(O)CO. The summed E-state index contributed by atoms with van der Waals surface area (Å²) in [5, 5.41) is 16.8. The van der Waals surface area contributed by atoms with Crippen molar-refractivity contribution in [3.63, 3.8) is 0 Å². The second-order valence-corrected chi connectivity index (χ2v) is 1.74. The van der Waals surface area contributed by atoms with Crippen molar-refractivity contribution in [2.75, 3.05) is 6.61 Å². The molecule has 50 valence electrons. The number of aliphatic hydroxyl groups excluding tert-OH is 2. The normalized spacial score (nSPS) is 14.6. The van der Waals surface area contributed by atoms with E-state index in [1.807, 2.05) is 0 Å². The summed E-state index contributed by atoms with van der Waals surface area (Å²) in [5.74, 6) is 0. The minimum absolute atomic E-state index is 0.247. The Morgan fingerprint density at radius 1 is 1.38 bits per heavy atom. The van der Waals surface area contributed by atoms with Crippen molar-refractivity contribution < 1.29 is 10.2 Å². The predicted molar refractivity (Wildman–Crippen MR) is 29.9 cm³/mol. The molecule has 0 fully saturated rings. The van der Waals surface area contributed by atoms with E-state index in [4.69, 9.17) is 21.7 Å². The first-order chi connectivity index (χ1) is 3.66. The van der Waals surface area contributed by atoms with E-state index in [0.717, 1.165) is 0 Å². The number of hydrogen-bond acceptors (Lipinski definition) is 4. The minimum Gasteiger partial charge on any atom is -0.394 e. The Balaban J connectivity index is 3.10. The van der Waals surface area contributed by atoms with E-state index < -0.39 is 12.3 Å². The van der Waals surface area contributed by atoms with Crippen LogP contribution in [0.15, 0.2) is 0 Å². The topological polar surface area (TPSA) is 92.5 Å². The molecule has 8 heavy (non-hydrogen) atoms. The molecule has 0 radical (unpaired) electrons. The quantitative estimate of drug-likeness (QED) is 0.323. The zero-order chi connectivity index (χ0) is 6.57. The Morgan fingerprint density at radius 2 is 1.88 bits per heavy atom. The molecule has 0 aromatic heterocycles. The van der Waals surface area contributed by atoms with Crippen LogP contribution in [0.3, 0.4) is 0 Å². The van der Waals surface area contributed by atoms with Crippen molar-refractivity contribution in [2.45, 2.75) is 18.7 Å². The lowest BCUT2D eigenvalue weighted by atomic mass is 10.2. The number of hydrogen-bond donors (Lipinski definition) is 4. The van der Waals surface area contributed by atoms with Gasteiger partial charge in [0.1, 0.15) is 0 Å². The lowest BCUT2D eigenvalue weighted by Gasteiger charge is -2.08. The molecule has 0 aromatic carbocycles. The van der Waals surface area contributed by atoms with Crippen molar-refractivity contribution >= 4 is 0 Å². The predicted octanol–water partition coefficient (Wildman–Crippen LogP) is -2.03. The molecule has 6 N–H and O–H groups in total. The molecular formula is C4H12N2O2. The molecule has 0 bridgehead atoms. The molecule has 0 amide bonds. The summed E-state index contributed by atoms with van der Waals surface area (Å²) >= 11 is 0. The third-order valence-corrected chi connectivity index (χ3v) is 0.755. The van der Waals surface area contributed by atoms with Gasteiger partial charge < -0.3 is 21.7 Å². The fourth-order valence-corrected chi connectivity index (χ4v) is 0.389. The van der Waals surface area contributed by atoms with E-state index in [0.29, 0.717) is 0 Å². The van der Waals surface area contributed by atoms with E-state index in [2.05, 4.69) is 0 Å². The van der Waals surface area contributed by atoms with Crippen LogP contribution in [0.25, 0.3) is 0 Å². The minimum atomic E-state index is -0.769. The zero-order valence-electron chi connectivity index (χ0n) is 4.62. The van der Waals surface area contributed by atoms with Gasteiger partial charge in [-0.3, -0.25) is 0 Å². The molecule has 1 atom stereocenters.